The summed E-state index contributed by atoms with van der Waals surface area (Å²) < 4.78 is 1.57. The Balaban J connectivity index is 1.77. The molecule has 1 atom stereocenters. The lowest BCUT2D eigenvalue weighted by molar-refractivity contribution is -0.121. The molecule has 0 saturated carbocycles. The molecule has 0 spiro atoms. The van der Waals surface area contributed by atoms with E-state index in [0.717, 1.165) is 5.56 Å². The molecule has 0 aliphatic heterocycles. The summed E-state index contributed by atoms with van der Waals surface area (Å²) in [6.07, 6.45) is 2.62. The minimum atomic E-state index is -0.304. The molecule has 0 fully saturated rings. The number of nitrogens with zero attached hydrogens (tertiary/aromatic N) is 3. The molecule has 0 radical (unpaired) electrons. The van der Waals surface area contributed by atoms with E-state index in [1.807, 2.05) is 37.3 Å². The second-order valence-corrected chi connectivity index (χ2v) is 6.92. The van der Waals surface area contributed by atoms with Gasteiger partial charge in [-0.05, 0) is 12.0 Å². The number of anilines is 1. The lowest BCUT2D eigenvalue weighted by Crippen LogP contribution is -2.29. The predicted octanol–water partition coefficient (Wildman–Crippen LogP) is 2.94. The molecule has 8 heteroatoms. The van der Waals surface area contributed by atoms with Crippen molar-refractivity contribution in [3.05, 3.63) is 64.2 Å². The summed E-state index contributed by atoms with van der Waals surface area (Å²) in [5.74, 6) is 0.239. The maximum atomic E-state index is 12.4. The van der Waals surface area contributed by atoms with Crippen LogP contribution in [0.3, 0.4) is 0 Å². The number of thiazole rings is 1. The van der Waals surface area contributed by atoms with Crippen LogP contribution in [0.4, 0.5) is 5.82 Å². The first-order chi connectivity index (χ1) is 13.1. The molecule has 0 aliphatic carbocycles. The average molecular weight is 383 g/mol. The SMILES string of the molecule is CCC(=O)N[C@@H](Cc1ccccc1)c1nc(C(=O)Nc2ccnn2C)cs1. The molecule has 140 valence electrons. The van der Waals surface area contributed by atoms with E-state index in [1.54, 1.807) is 29.4 Å². The van der Waals surface area contributed by atoms with Gasteiger partial charge in [0.15, 0.2) is 0 Å². The Hall–Kier alpha value is -3.00. The first kappa shape index (κ1) is 18.8. The van der Waals surface area contributed by atoms with Gasteiger partial charge in [-0.1, -0.05) is 37.3 Å². The third-order valence-corrected chi connectivity index (χ3v) is 5.01. The van der Waals surface area contributed by atoms with Gasteiger partial charge in [-0.3, -0.25) is 14.3 Å². The molecule has 0 saturated heterocycles. The zero-order valence-electron chi connectivity index (χ0n) is 15.2. The molecule has 0 aliphatic rings. The fraction of sp³-hybridized carbons (Fsp3) is 0.263. The Morgan fingerprint density at radius 1 is 1.22 bits per heavy atom. The Morgan fingerprint density at radius 3 is 2.67 bits per heavy atom. The first-order valence-corrected chi connectivity index (χ1v) is 9.53. The molecular formula is C19H21N5O2S. The monoisotopic (exact) mass is 383 g/mol. The van der Waals surface area contributed by atoms with Crippen molar-refractivity contribution in [1.29, 1.82) is 0 Å². The van der Waals surface area contributed by atoms with Crippen molar-refractivity contribution in [3.8, 4) is 0 Å². The Kier molecular flexibility index (Phi) is 5.97. The highest BCUT2D eigenvalue weighted by Gasteiger charge is 2.20. The number of carbonyl (C=O) groups is 2. The van der Waals surface area contributed by atoms with Gasteiger partial charge < -0.3 is 10.6 Å². The normalized spacial score (nSPS) is 11.8. The van der Waals surface area contributed by atoms with Crippen LogP contribution in [-0.4, -0.2) is 26.6 Å². The number of nitrogens with one attached hydrogen (secondary N) is 2. The number of aromatic nitrogens is 3. The number of carbonyl (C=O) groups excluding carboxylic acids is 2. The van der Waals surface area contributed by atoms with Crippen molar-refractivity contribution in [2.24, 2.45) is 7.05 Å². The van der Waals surface area contributed by atoms with Crippen LogP contribution in [0, 0.1) is 0 Å². The molecule has 2 N–H and O–H groups in total. The van der Waals surface area contributed by atoms with Gasteiger partial charge in [-0.25, -0.2) is 4.98 Å². The minimum absolute atomic E-state index is 0.0491. The zero-order valence-corrected chi connectivity index (χ0v) is 16.0. The maximum absolute atomic E-state index is 12.4. The van der Waals surface area contributed by atoms with Gasteiger partial charge in [-0.2, -0.15) is 5.10 Å². The van der Waals surface area contributed by atoms with Crippen molar-refractivity contribution in [1.82, 2.24) is 20.1 Å². The van der Waals surface area contributed by atoms with E-state index in [2.05, 4.69) is 20.7 Å². The third kappa shape index (κ3) is 4.79. The van der Waals surface area contributed by atoms with E-state index < -0.39 is 0 Å². The fourth-order valence-electron chi connectivity index (χ4n) is 2.58. The van der Waals surface area contributed by atoms with Crippen molar-refractivity contribution in [2.75, 3.05) is 5.32 Å². The van der Waals surface area contributed by atoms with Crippen molar-refractivity contribution < 1.29 is 9.59 Å². The average Bonchev–Trinajstić information content (AvgIpc) is 3.32. The summed E-state index contributed by atoms with van der Waals surface area (Å²) >= 11 is 1.37. The van der Waals surface area contributed by atoms with Gasteiger partial charge in [0.25, 0.3) is 5.91 Å². The summed E-state index contributed by atoms with van der Waals surface area (Å²) in [6.45, 7) is 1.81. The van der Waals surface area contributed by atoms with Crippen molar-refractivity contribution in [2.45, 2.75) is 25.8 Å². The molecule has 0 bridgehead atoms. The van der Waals surface area contributed by atoms with Gasteiger partial charge in [0.2, 0.25) is 5.91 Å². The lowest BCUT2D eigenvalue weighted by Gasteiger charge is -2.16. The molecule has 1 aromatic carbocycles. The molecule has 2 heterocycles. The molecule has 2 aromatic heterocycles. The summed E-state index contributed by atoms with van der Waals surface area (Å²) in [5.41, 5.74) is 1.41. The molecule has 7 nitrogen and oxygen atoms in total. The highest BCUT2D eigenvalue weighted by Crippen LogP contribution is 2.23. The first-order valence-electron chi connectivity index (χ1n) is 8.65. The van der Waals surface area contributed by atoms with Gasteiger partial charge in [0, 0.05) is 24.9 Å². The standard InChI is InChI=1S/C19H21N5O2S/c1-3-17(25)21-14(11-13-7-5-4-6-8-13)19-22-15(12-27-19)18(26)23-16-9-10-20-24(16)2/h4-10,12,14H,3,11H2,1-2H3,(H,21,25)(H,23,26)/t14-/m0/s1. The van der Waals surface area contributed by atoms with E-state index >= 15 is 0 Å². The topological polar surface area (TPSA) is 88.9 Å². The van der Waals surface area contributed by atoms with E-state index in [9.17, 15) is 9.59 Å². The van der Waals surface area contributed by atoms with Gasteiger partial charge in [0.05, 0.1) is 12.2 Å². The summed E-state index contributed by atoms with van der Waals surface area (Å²) in [6, 6.07) is 11.3. The third-order valence-electron chi connectivity index (χ3n) is 4.05. The van der Waals surface area contributed by atoms with Crippen LogP contribution in [-0.2, 0) is 18.3 Å². The maximum Gasteiger partial charge on any atom is 0.276 e. The van der Waals surface area contributed by atoms with Gasteiger partial charge >= 0.3 is 0 Å². The van der Waals surface area contributed by atoms with Crippen LogP contribution in [0.15, 0.2) is 48.0 Å². The predicted molar refractivity (Wildman–Crippen MR) is 105 cm³/mol. The smallest absolute Gasteiger partial charge is 0.276 e. The number of aryl methyl sites for hydroxylation is 1. The lowest BCUT2D eigenvalue weighted by atomic mass is 10.1. The summed E-state index contributed by atoms with van der Waals surface area (Å²) in [5, 5.41) is 12.2. The van der Waals surface area contributed by atoms with Crippen LogP contribution in [0.1, 0.15) is 40.4 Å². The van der Waals surface area contributed by atoms with Crippen LogP contribution in [0.2, 0.25) is 0 Å². The van der Waals surface area contributed by atoms with Crippen LogP contribution < -0.4 is 10.6 Å². The van der Waals surface area contributed by atoms with Crippen LogP contribution >= 0.6 is 11.3 Å². The molecule has 27 heavy (non-hydrogen) atoms. The Labute approximate surface area is 161 Å². The molecule has 3 rings (SSSR count). The van der Waals surface area contributed by atoms with Crippen molar-refractivity contribution >= 4 is 29.0 Å². The highest BCUT2D eigenvalue weighted by atomic mass is 32.1. The molecule has 2 amide bonds. The number of hydrogen-bond acceptors (Lipinski definition) is 5. The minimum Gasteiger partial charge on any atom is -0.347 e. The number of benzene rings is 1. The van der Waals surface area contributed by atoms with Gasteiger partial charge in [0.1, 0.15) is 16.5 Å². The molecule has 3 aromatic rings. The van der Waals surface area contributed by atoms with E-state index in [0.29, 0.717) is 29.4 Å². The largest absolute Gasteiger partial charge is 0.347 e. The highest BCUT2D eigenvalue weighted by molar-refractivity contribution is 7.10. The number of rotatable bonds is 7. The van der Waals surface area contributed by atoms with Gasteiger partial charge in [-0.15, -0.1) is 11.3 Å². The Morgan fingerprint density at radius 2 is 2.00 bits per heavy atom. The van der Waals surface area contributed by atoms with E-state index in [1.165, 1.54) is 11.3 Å². The zero-order chi connectivity index (χ0) is 19.2. The van der Waals surface area contributed by atoms with Crippen molar-refractivity contribution in [3.63, 3.8) is 0 Å². The Bertz CT molecular complexity index is 919. The number of amides is 2. The fourth-order valence-corrected chi connectivity index (χ4v) is 3.42. The number of hydrogen-bond donors (Lipinski definition) is 2. The quantitative estimate of drug-likeness (QED) is 0.656. The van der Waals surface area contributed by atoms with E-state index in [4.69, 9.17) is 0 Å². The van der Waals surface area contributed by atoms with Crippen LogP contribution in [0.25, 0.3) is 0 Å². The summed E-state index contributed by atoms with van der Waals surface area (Å²) in [7, 11) is 1.75. The second kappa shape index (κ2) is 8.59. The van der Waals surface area contributed by atoms with E-state index in [-0.39, 0.29) is 17.9 Å². The van der Waals surface area contributed by atoms with Crippen LogP contribution in [0.5, 0.6) is 0 Å². The molecule has 0 unspecified atom stereocenters. The summed E-state index contributed by atoms with van der Waals surface area (Å²) in [4.78, 5) is 28.9. The molecular weight excluding hydrogens is 362 g/mol. The second-order valence-electron chi connectivity index (χ2n) is 6.03.